The molecule has 0 N–H and O–H groups in total. The van der Waals surface area contributed by atoms with Gasteiger partial charge in [-0.2, -0.15) is 10.2 Å². The highest BCUT2D eigenvalue weighted by atomic mass is 32.2. The van der Waals surface area contributed by atoms with Crippen LogP contribution in [0.25, 0.3) is 0 Å². The van der Waals surface area contributed by atoms with Crippen LogP contribution in [-0.2, 0) is 9.84 Å². The highest BCUT2D eigenvalue weighted by molar-refractivity contribution is 7.93. The zero-order valence-corrected chi connectivity index (χ0v) is 8.76. The van der Waals surface area contributed by atoms with E-state index in [-0.39, 0.29) is 17.8 Å². The van der Waals surface area contributed by atoms with Crippen molar-refractivity contribution < 1.29 is 8.42 Å². The normalized spacial score (nSPS) is 35.9. The van der Waals surface area contributed by atoms with E-state index in [1.165, 1.54) is 0 Å². The fraction of sp³-hybridized carbons (Fsp3) is 0.400. The van der Waals surface area contributed by atoms with Crippen LogP contribution in [0, 0.1) is 0 Å². The predicted octanol–water partition coefficient (Wildman–Crippen LogP) is 1.36. The monoisotopic (exact) mass is 222 g/mol. The molecule has 0 unspecified atom stereocenters. The van der Waals surface area contributed by atoms with Crippen molar-refractivity contribution in [2.24, 2.45) is 10.2 Å². The summed E-state index contributed by atoms with van der Waals surface area (Å²) < 4.78 is 23.1. The summed E-state index contributed by atoms with van der Waals surface area (Å²) in [6.45, 7) is 0. The summed E-state index contributed by atoms with van der Waals surface area (Å²) in [6, 6.07) is 9.12. The van der Waals surface area contributed by atoms with Crippen molar-refractivity contribution in [2.75, 3.05) is 5.75 Å². The molecule has 3 atom stereocenters. The predicted molar refractivity (Wildman–Crippen MR) is 55.4 cm³/mol. The van der Waals surface area contributed by atoms with Gasteiger partial charge in [0, 0.05) is 0 Å². The van der Waals surface area contributed by atoms with Crippen molar-refractivity contribution in [3.63, 3.8) is 0 Å². The Hall–Kier alpha value is -1.23. The number of hydrogen-bond acceptors (Lipinski definition) is 4. The number of benzene rings is 1. The van der Waals surface area contributed by atoms with Gasteiger partial charge < -0.3 is 0 Å². The first kappa shape index (κ1) is 9.03. The minimum Gasteiger partial charge on any atom is -0.228 e. The molecule has 0 spiro atoms. The van der Waals surface area contributed by atoms with Crippen LogP contribution >= 0.6 is 0 Å². The molecule has 0 amide bonds. The average Bonchev–Trinajstić information content (AvgIpc) is 2.58. The first-order chi connectivity index (χ1) is 7.18. The summed E-state index contributed by atoms with van der Waals surface area (Å²) in [7, 11) is -2.94. The zero-order valence-electron chi connectivity index (χ0n) is 7.95. The van der Waals surface area contributed by atoms with E-state index in [4.69, 9.17) is 0 Å². The van der Waals surface area contributed by atoms with Crippen molar-refractivity contribution >= 4 is 9.84 Å². The number of sulfone groups is 1. The molecule has 0 aliphatic carbocycles. The standard InChI is InChI=1S/C10H10N2O2S/c13-15(14)6-8-10(15)9(12-11-8)7-4-2-1-3-5-7/h1-5,8-10H,6H2/t8-,9-,10+/m0/s1. The second kappa shape index (κ2) is 2.88. The van der Waals surface area contributed by atoms with Gasteiger partial charge in [-0.25, -0.2) is 8.42 Å². The van der Waals surface area contributed by atoms with Crippen LogP contribution < -0.4 is 0 Å². The van der Waals surface area contributed by atoms with Gasteiger partial charge in [0.1, 0.15) is 17.3 Å². The molecule has 15 heavy (non-hydrogen) atoms. The van der Waals surface area contributed by atoms with E-state index in [0.717, 1.165) is 5.56 Å². The minimum atomic E-state index is -2.94. The molecule has 1 aromatic carbocycles. The van der Waals surface area contributed by atoms with Gasteiger partial charge in [-0.3, -0.25) is 0 Å². The van der Waals surface area contributed by atoms with E-state index in [2.05, 4.69) is 10.2 Å². The van der Waals surface area contributed by atoms with Crippen LogP contribution in [-0.4, -0.2) is 25.5 Å². The third kappa shape index (κ3) is 1.23. The van der Waals surface area contributed by atoms with Gasteiger partial charge in [0.15, 0.2) is 9.84 Å². The third-order valence-electron chi connectivity index (χ3n) is 2.99. The smallest absolute Gasteiger partial charge is 0.160 e. The Bertz CT molecular complexity index is 509. The molecule has 2 heterocycles. The molecule has 1 fully saturated rings. The second-order valence-corrected chi connectivity index (χ2v) is 6.15. The molecule has 0 bridgehead atoms. The first-order valence-electron chi connectivity index (χ1n) is 4.85. The molecule has 0 saturated carbocycles. The minimum absolute atomic E-state index is 0.0970. The molecular formula is C10H10N2O2S. The maximum Gasteiger partial charge on any atom is 0.160 e. The summed E-state index contributed by atoms with van der Waals surface area (Å²) >= 11 is 0. The van der Waals surface area contributed by atoms with Crippen LogP contribution in [0.4, 0.5) is 0 Å². The Balaban J connectivity index is 1.99. The Labute approximate surface area is 88.0 Å². The Kier molecular flexibility index (Phi) is 1.74. The summed E-state index contributed by atoms with van der Waals surface area (Å²) in [5, 5.41) is 7.67. The maximum absolute atomic E-state index is 11.6. The van der Waals surface area contributed by atoms with Gasteiger partial charge >= 0.3 is 0 Å². The van der Waals surface area contributed by atoms with Crippen molar-refractivity contribution in [3.05, 3.63) is 35.9 Å². The quantitative estimate of drug-likeness (QED) is 0.720. The van der Waals surface area contributed by atoms with Crippen LogP contribution in [0.2, 0.25) is 0 Å². The van der Waals surface area contributed by atoms with Crippen molar-refractivity contribution in [2.45, 2.75) is 17.3 Å². The Morgan fingerprint density at radius 3 is 2.53 bits per heavy atom. The SMILES string of the molecule is O=S1(=O)C[C@@H]2N=N[C@@H](c3ccccc3)[C@@H]21. The highest BCUT2D eigenvalue weighted by Gasteiger charge is 2.54. The lowest BCUT2D eigenvalue weighted by Gasteiger charge is -2.30. The van der Waals surface area contributed by atoms with Crippen LogP contribution in [0.5, 0.6) is 0 Å². The molecular weight excluding hydrogens is 212 g/mol. The van der Waals surface area contributed by atoms with Gasteiger partial charge in [-0.05, 0) is 5.56 Å². The van der Waals surface area contributed by atoms with Gasteiger partial charge in [-0.15, -0.1) is 0 Å². The molecule has 1 saturated heterocycles. The first-order valence-corrected chi connectivity index (χ1v) is 6.56. The molecule has 0 radical (unpaired) electrons. The van der Waals surface area contributed by atoms with Crippen LogP contribution in [0.15, 0.2) is 40.6 Å². The fourth-order valence-corrected chi connectivity index (χ4v) is 4.04. The van der Waals surface area contributed by atoms with E-state index >= 15 is 0 Å². The van der Waals surface area contributed by atoms with Crippen LogP contribution in [0.1, 0.15) is 11.6 Å². The van der Waals surface area contributed by atoms with E-state index in [1.807, 2.05) is 30.3 Å². The highest BCUT2D eigenvalue weighted by Crippen LogP contribution is 2.42. The van der Waals surface area contributed by atoms with Crippen molar-refractivity contribution in [1.29, 1.82) is 0 Å². The van der Waals surface area contributed by atoms with E-state index in [9.17, 15) is 8.42 Å². The fourth-order valence-electron chi connectivity index (χ4n) is 2.20. The summed E-state index contributed by atoms with van der Waals surface area (Å²) in [6.07, 6.45) is 0. The summed E-state index contributed by atoms with van der Waals surface area (Å²) in [5.74, 6) is 0.171. The van der Waals surface area contributed by atoms with Gasteiger partial charge in [-0.1, -0.05) is 30.3 Å². The third-order valence-corrected chi connectivity index (χ3v) is 5.20. The number of nitrogens with zero attached hydrogens (tertiary/aromatic N) is 2. The van der Waals surface area contributed by atoms with E-state index in [0.29, 0.717) is 0 Å². The number of hydrogen-bond donors (Lipinski definition) is 0. The maximum atomic E-state index is 11.6. The molecule has 5 heteroatoms. The molecule has 4 nitrogen and oxygen atoms in total. The van der Waals surface area contributed by atoms with Gasteiger partial charge in [0.25, 0.3) is 0 Å². The molecule has 2 aliphatic rings. The van der Waals surface area contributed by atoms with Gasteiger partial charge in [0.2, 0.25) is 0 Å². The molecule has 3 rings (SSSR count). The Morgan fingerprint density at radius 1 is 1.13 bits per heavy atom. The zero-order chi connectivity index (χ0) is 10.5. The Morgan fingerprint density at radius 2 is 1.87 bits per heavy atom. The molecule has 0 aromatic heterocycles. The number of rotatable bonds is 1. The lowest BCUT2D eigenvalue weighted by molar-refractivity contribution is 0.516. The molecule has 78 valence electrons. The van der Waals surface area contributed by atoms with E-state index in [1.54, 1.807) is 0 Å². The largest absolute Gasteiger partial charge is 0.228 e. The summed E-state index contributed by atoms with van der Waals surface area (Å²) in [4.78, 5) is 0. The van der Waals surface area contributed by atoms with E-state index < -0.39 is 15.1 Å². The average molecular weight is 222 g/mol. The second-order valence-electron chi connectivity index (χ2n) is 3.95. The van der Waals surface area contributed by atoms with Crippen molar-refractivity contribution in [3.8, 4) is 0 Å². The number of fused-ring (bicyclic) bond motifs is 1. The molecule has 2 aliphatic heterocycles. The lowest BCUT2D eigenvalue weighted by atomic mass is 10.0. The topological polar surface area (TPSA) is 58.9 Å². The lowest BCUT2D eigenvalue weighted by Crippen LogP contribution is -2.50. The van der Waals surface area contributed by atoms with Crippen LogP contribution in [0.3, 0.4) is 0 Å². The summed E-state index contributed by atoms with van der Waals surface area (Å²) in [5.41, 5.74) is 0.942. The van der Waals surface area contributed by atoms with Gasteiger partial charge in [0.05, 0.1) is 5.75 Å². The number of azo groups is 1. The van der Waals surface area contributed by atoms with Crippen molar-refractivity contribution in [1.82, 2.24) is 0 Å². The molecule has 1 aromatic rings.